The lowest BCUT2D eigenvalue weighted by molar-refractivity contribution is -0.0765. The molecule has 17 heavy (non-hydrogen) atoms. The highest BCUT2D eigenvalue weighted by atomic mass is 32.2. The van der Waals surface area contributed by atoms with Gasteiger partial charge < -0.3 is 4.74 Å². The smallest absolute Gasteiger partial charge is 0.108 e. The van der Waals surface area contributed by atoms with E-state index in [1.165, 1.54) is 34.6 Å². The molecule has 0 radical (unpaired) electrons. The number of rotatable bonds is 2. The molecule has 1 aromatic rings. The predicted octanol–water partition coefficient (Wildman–Crippen LogP) is 2.81. The quantitative estimate of drug-likeness (QED) is 0.803. The van der Waals surface area contributed by atoms with Crippen LogP contribution in [0.15, 0.2) is 23.1 Å². The Balaban J connectivity index is 1.82. The number of hydrogen-bond donors (Lipinski definition) is 0. The fourth-order valence-corrected chi connectivity index (χ4v) is 3.49. The van der Waals surface area contributed by atoms with Gasteiger partial charge in [0.1, 0.15) is 5.41 Å². The van der Waals surface area contributed by atoms with Gasteiger partial charge in [0.25, 0.3) is 0 Å². The molecule has 0 bridgehead atoms. The lowest BCUT2D eigenvalue weighted by Gasteiger charge is -2.35. The average Bonchev–Trinajstić information content (AvgIpc) is 2.34. The first-order valence-electron chi connectivity index (χ1n) is 6.05. The Kier molecular flexibility index (Phi) is 2.85. The van der Waals surface area contributed by atoms with Crippen LogP contribution in [0.2, 0.25) is 0 Å². The third-order valence-electron chi connectivity index (χ3n) is 3.51. The number of ether oxygens (including phenoxy) is 1. The second-order valence-electron chi connectivity index (χ2n) is 4.96. The molecule has 3 heteroatoms. The molecule has 0 aromatic heterocycles. The fraction of sp³-hybridized carbons (Fsp3) is 0.500. The SMILES string of the molecule is N#CC1(Cc2ccc3c(c2)CCCS3)COC1. The minimum atomic E-state index is -0.254. The first-order valence-corrected chi connectivity index (χ1v) is 7.04. The maximum Gasteiger partial charge on any atom is 0.108 e. The summed E-state index contributed by atoms with van der Waals surface area (Å²) in [5, 5.41) is 9.20. The van der Waals surface area contributed by atoms with Crippen LogP contribution in [-0.2, 0) is 17.6 Å². The van der Waals surface area contributed by atoms with Crippen molar-refractivity contribution in [2.24, 2.45) is 5.41 Å². The van der Waals surface area contributed by atoms with Crippen LogP contribution >= 0.6 is 11.8 Å². The summed E-state index contributed by atoms with van der Waals surface area (Å²) in [6, 6.07) is 9.10. The molecule has 3 rings (SSSR count). The van der Waals surface area contributed by atoms with Crippen LogP contribution < -0.4 is 0 Å². The molecule has 0 amide bonds. The van der Waals surface area contributed by atoms with E-state index in [0.29, 0.717) is 13.2 Å². The number of nitriles is 1. The number of nitrogens with zero attached hydrogens (tertiary/aromatic N) is 1. The number of fused-ring (bicyclic) bond motifs is 1. The molecular weight excluding hydrogens is 230 g/mol. The van der Waals surface area contributed by atoms with Crippen molar-refractivity contribution in [3.63, 3.8) is 0 Å². The Bertz CT molecular complexity index is 474. The van der Waals surface area contributed by atoms with E-state index in [-0.39, 0.29) is 5.41 Å². The molecule has 2 aliphatic heterocycles. The first-order chi connectivity index (χ1) is 8.31. The van der Waals surface area contributed by atoms with Gasteiger partial charge in [0.15, 0.2) is 0 Å². The van der Waals surface area contributed by atoms with Crippen molar-refractivity contribution in [2.45, 2.75) is 24.2 Å². The Hall–Kier alpha value is -0.980. The monoisotopic (exact) mass is 245 g/mol. The maximum absolute atomic E-state index is 9.20. The van der Waals surface area contributed by atoms with E-state index in [2.05, 4.69) is 24.3 Å². The van der Waals surface area contributed by atoms with Gasteiger partial charge in [-0.1, -0.05) is 12.1 Å². The number of thioether (sulfide) groups is 1. The fourth-order valence-electron chi connectivity index (χ4n) is 2.47. The molecule has 0 N–H and O–H groups in total. The number of benzene rings is 1. The van der Waals surface area contributed by atoms with Gasteiger partial charge >= 0.3 is 0 Å². The van der Waals surface area contributed by atoms with Crippen LogP contribution in [0.1, 0.15) is 17.5 Å². The van der Waals surface area contributed by atoms with Gasteiger partial charge in [-0.25, -0.2) is 0 Å². The van der Waals surface area contributed by atoms with Gasteiger partial charge in [0, 0.05) is 4.90 Å². The van der Waals surface area contributed by atoms with E-state index in [4.69, 9.17) is 4.74 Å². The Morgan fingerprint density at radius 2 is 2.29 bits per heavy atom. The summed E-state index contributed by atoms with van der Waals surface area (Å²) in [6.07, 6.45) is 3.29. The molecular formula is C14H15NOS. The van der Waals surface area contributed by atoms with Gasteiger partial charge in [0.2, 0.25) is 0 Å². The zero-order chi connectivity index (χ0) is 11.7. The predicted molar refractivity (Wildman–Crippen MR) is 68.1 cm³/mol. The molecule has 1 fully saturated rings. The van der Waals surface area contributed by atoms with E-state index >= 15 is 0 Å². The summed E-state index contributed by atoms with van der Waals surface area (Å²) >= 11 is 1.95. The highest BCUT2D eigenvalue weighted by molar-refractivity contribution is 7.99. The van der Waals surface area contributed by atoms with E-state index in [9.17, 15) is 5.26 Å². The third-order valence-corrected chi connectivity index (χ3v) is 4.71. The van der Waals surface area contributed by atoms with Crippen molar-refractivity contribution in [3.05, 3.63) is 29.3 Å². The van der Waals surface area contributed by atoms with Crippen LogP contribution in [-0.4, -0.2) is 19.0 Å². The Morgan fingerprint density at radius 1 is 1.41 bits per heavy atom. The van der Waals surface area contributed by atoms with Crippen molar-refractivity contribution in [1.29, 1.82) is 5.26 Å². The molecule has 1 saturated heterocycles. The first kappa shape index (κ1) is 11.1. The van der Waals surface area contributed by atoms with Gasteiger partial charge in [0.05, 0.1) is 19.3 Å². The second-order valence-corrected chi connectivity index (χ2v) is 6.09. The van der Waals surface area contributed by atoms with Crippen LogP contribution in [0, 0.1) is 16.7 Å². The van der Waals surface area contributed by atoms with Gasteiger partial charge in [-0.05, 0) is 42.2 Å². The zero-order valence-corrected chi connectivity index (χ0v) is 10.6. The Morgan fingerprint density at radius 3 is 3.00 bits per heavy atom. The van der Waals surface area contributed by atoms with Crippen molar-refractivity contribution < 1.29 is 4.74 Å². The molecule has 2 heterocycles. The highest BCUT2D eigenvalue weighted by Crippen LogP contribution is 2.34. The second kappa shape index (κ2) is 4.36. The number of aryl methyl sites for hydroxylation is 1. The topological polar surface area (TPSA) is 33.0 Å². The Labute approximate surface area is 106 Å². The van der Waals surface area contributed by atoms with E-state index < -0.39 is 0 Å². The lowest BCUT2D eigenvalue weighted by Crippen LogP contribution is -2.43. The number of hydrogen-bond acceptors (Lipinski definition) is 3. The summed E-state index contributed by atoms with van der Waals surface area (Å²) < 4.78 is 5.19. The minimum absolute atomic E-state index is 0.254. The normalized spacial score (nSPS) is 21.1. The molecule has 2 aliphatic rings. The van der Waals surface area contributed by atoms with Crippen LogP contribution in [0.5, 0.6) is 0 Å². The van der Waals surface area contributed by atoms with Crippen molar-refractivity contribution >= 4 is 11.8 Å². The summed E-state index contributed by atoms with van der Waals surface area (Å²) in [4.78, 5) is 1.43. The van der Waals surface area contributed by atoms with Gasteiger partial charge in [-0.15, -0.1) is 11.8 Å². The molecule has 0 saturated carbocycles. The molecule has 0 aliphatic carbocycles. The average molecular weight is 245 g/mol. The standard InChI is InChI=1S/C14H15NOS/c15-8-14(9-16-10-14)7-11-3-4-13-12(6-11)2-1-5-17-13/h3-4,6H,1-2,5,7,9-10H2. The largest absolute Gasteiger partial charge is 0.378 e. The molecule has 0 spiro atoms. The third kappa shape index (κ3) is 2.08. The van der Waals surface area contributed by atoms with Crippen molar-refractivity contribution in [3.8, 4) is 6.07 Å². The summed E-state index contributed by atoms with van der Waals surface area (Å²) in [6.45, 7) is 1.19. The lowest BCUT2D eigenvalue weighted by atomic mass is 9.81. The summed E-state index contributed by atoms with van der Waals surface area (Å²) in [5.74, 6) is 1.24. The van der Waals surface area contributed by atoms with Crippen molar-refractivity contribution in [1.82, 2.24) is 0 Å². The van der Waals surface area contributed by atoms with Crippen molar-refractivity contribution in [2.75, 3.05) is 19.0 Å². The van der Waals surface area contributed by atoms with Crippen LogP contribution in [0.4, 0.5) is 0 Å². The molecule has 88 valence electrons. The maximum atomic E-state index is 9.20. The van der Waals surface area contributed by atoms with Gasteiger partial charge in [-0.2, -0.15) is 5.26 Å². The van der Waals surface area contributed by atoms with Gasteiger partial charge in [-0.3, -0.25) is 0 Å². The molecule has 0 unspecified atom stereocenters. The van der Waals surface area contributed by atoms with E-state index in [0.717, 1.165) is 6.42 Å². The zero-order valence-electron chi connectivity index (χ0n) is 9.74. The summed E-state index contributed by atoms with van der Waals surface area (Å²) in [7, 11) is 0. The van der Waals surface area contributed by atoms with E-state index in [1.54, 1.807) is 0 Å². The molecule has 2 nitrogen and oxygen atoms in total. The van der Waals surface area contributed by atoms with E-state index in [1.807, 2.05) is 11.8 Å². The molecule has 0 atom stereocenters. The highest BCUT2D eigenvalue weighted by Gasteiger charge is 2.39. The minimum Gasteiger partial charge on any atom is -0.378 e. The summed E-state index contributed by atoms with van der Waals surface area (Å²) in [5.41, 5.74) is 2.50. The van der Waals surface area contributed by atoms with Crippen LogP contribution in [0.25, 0.3) is 0 Å². The van der Waals surface area contributed by atoms with Crippen LogP contribution in [0.3, 0.4) is 0 Å². The molecule has 1 aromatic carbocycles.